The number of hydrogen-bond donors (Lipinski definition) is 1. The second kappa shape index (κ2) is 5.05. The molecule has 1 aromatic carbocycles. The predicted molar refractivity (Wildman–Crippen MR) is 76.4 cm³/mol. The van der Waals surface area contributed by atoms with Crippen molar-refractivity contribution in [3.63, 3.8) is 0 Å². The molecule has 2 atom stereocenters. The SMILES string of the molecule is CC1CN(c2ccc([N+](=O)[O-])c(N)c2)CC1N(C)C. The average Bonchev–Trinajstić information content (AvgIpc) is 2.70. The number of likely N-dealkylation sites (N-methyl/N-ethyl adjacent to an activating group) is 1. The molecule has 1 aliphatic heterocycles. The van der Waals surface area contributed by atoms with Gasteiger partial charge in [-0.15, -0.1) is 0 Å². The molecule has 0 radical (unpaired) electrons. The Morgan fingerprint density at radius 3 is 2.58 bits per heavy atom. The van der Waals surface area contributed by atoms with Gasteiger partial charge in [0.2, 0.25) is 0 Å². The summed E-state index contributed by atoms with van der Waals surface area (Å²) in [5, 5.41) is 10.8. The van der Waals surface area contributed by atoms with Crippen molar-refractivity contribution in [1.29, 1.82) is 0 Å². The highest BCUT2D eigenvalue weighted by Crippen LogP contribution is 2.31. The van der Waals surface area contributed by atoms with E-state index in [1.54, 1.807) is 12.1 Å². The van der Waals surface area contributed by atoms with Gasteiger partial charge in [-0.25, -0.2) is 0 Å². The van der Waals surface area contributed by atoms with E-state index in [1.807, 2.05) is 0 Å². The van der Waals surface area contributed by atoms with Gasteiger partial charge in [-0.2, -0.15) is 0 Å². The van der Waals surface area contributed by atoms with E-state index in [0.717, 1.165) is 18.8 Å². The first-order valence-electron chi connectivity index (χ1n) is 6.35. The molecule has 1 heterocycles. The lowest BCUT2D eigenvalue weighted by Gasteiger charge is -2.23. The van der Waals surface area contributed by atoms with Gasteiger partial charge in [-0.3, -0.25) is 10.1 Å². The monoisotopic (exact) mass is 264 g/mol. The molecule has 19 heavy (non-hydrogen) atoms. The first-order valence-corrected chi connectivity index (χ1v) is 6.35. The Bertz CT molecular complexity index is 490. The van der Waals surface area contributed by atoms with E-state index in [-0.39, 0.29) is 11.4 Å². The van der Waals surface area contributed by atoms with Crippen LogP contribution in [0, 0.1) is 16.0 Å². The van der Waals surface area contributed by atoms with E-state index >= 15 is 0 Å². The van der Waals surface area contributed by atoms with Crippen LogP contribution in [-0.4, -0.2) is 43.0 Å². The van der Waals surface area contributed by atoms with Crippen LogP contribution in [0.15, 0.2) is 18.2 Å². The molecule has 1 fully saturated rings. The summed E-state index contributed by atoms with van der Waals surface area (Å²) in [5.41, 5.74) is 6.90. The Hall–Kier alpha value is -1.82. The van der Waals surface area contributed by atoms with E-state index in [1.165, 1.54) is 6.07 Å². The molecule has 0 aromatic heterocycles. The van der Waals surface area contributed by atoms with Crippen molar-refractivity contribution in [2.45, 2.75) is 13.0 Å². The number of hydrogen-bond acceptors (Lipinski definition) is 5. The molecule has 2 rings (SSSR count). The van der Waals surface area contributed by atoms with Gasteiger partial charge >= 0.3 is 0 Å². The van der Waals surface area contributed by atoms with Crippen LogP contribution in [0.3, 0.4) is 0 Å². The highest BCUT2D eigenvalue weighted by atomic mass is 16.6. The zero-order chi connectivity index (χ0) is 14.2. The number of nitro groups is 1. The van der Waals surface area contributed by atoms with Crippen LogP contribution in [0.1, 0.15) is 6.92 Å². The van der Waals surface area contributed by atoms with Crippen molar-refractivity contribution in [1.82, 2.24) is 4.90 Å². The topological polar surface area (TPSA) is 75.6 Å². The quantitative estimate of drug-likeness (QED) is 0.509. The molecule has 0 bridgehead atoms. The van der Waals surface area contributed by atoms with E-state index in [0.29, 0.717) is 12.0 Å². The summed E-state index contributed by atoms with van der Waals surface area (Å²) >= 11 is 0. The molecule has 1 saturated heterocycles. The molecule has 2 unspecified atom stereocenters. The summed E-state index contributed by atoms with van der Waals surface area (Å²) in [4.78, 5) is 14.8. The van der Waals surface area contributed by atoms with Gasteiger partial charge in [0.25, 0.3) is 5.69 Å². The Morgan fingerprint density at radius 1 is 1.42 bits per heavy atom. The van der Waals surface area contributed by atoms with Crippen LogP contribution < -0.4 is 10.6 Å². The maximum atomic E-state index is 10.8. The van der Waals surface area contributed by atoms with Crippen LogP contribution >= 0.6 is 0 Å². The van der Waals surface area contributed by atoms with Crippen molar-refractivity contribution in [3.8, 4) is 0 Å². The number of nitrogens with two attached hydrogens (primary N) is 1. The smallest absolute Gasteiger partial charge is 0.292 e. The lowest BCUT2D eigenvalue weighted by molar-refractivity contribution is -0.383. The van der Waals surface area contributed by atoms with E-state index in [4.69, 9.17) is 5.73 Å². The second-order valence-electron chi connectivity index (χ2n) is 5.41. The maximum absolute atomic E-state index is 10.8. The third kappa shape index (κ3) is 2.63. The summed E-state index contributed by atoms with van der Waals surface area (Å²) in [6.45, 7) is 4.09. The van der Waals surface area contributed by atoms with Crippen LogP contribution in [-0.2, 0) is 0 Å². The van der Waals surface area contributed by atoms with E-state index in [9.17, 15) is 10.1 Å². The van der Waals surface area contributed by atoms with E-state index < -0.39 is 4.92 Å². The fourth-order valence-corrected chi connectivity index (χ4v) is 2.74. The zero-order valence-corrected chi connectivity index (χ0v) is 11.5. The van der Waals surface area contributed by atoms with Crippen LogP contribution in [0.2, 0.25) is 0 Å². The van der Waals surface area contributed by atoms with Crippen molar-refractivity contribution in [3.05, 3.63) is 28.3 Å². The Kier molecular flexibility index (Phi) is 3.61. The number of nitrogens with zero attached hydrogens (tertiary/aromatic N) is 3. The summed E-state index contributed by atoms with van der Waals surface area (Å²) in [6.07, 6.45) is 0. The molecule has 0 saturated carbocycles. The lowest BCUT2D eigenvalue weighted by Crippen LogP contribution is -2.34. The molecular formula is C13H20N4O2. The van der Waals surface area contributed by atoms with Gasteiger partial charge in [0.05, 0.1) is 4.92 Å². The van der Waals surface area contributed by atoms with Gasteiger partial charge in [0, 0.05) is 30.9 Å². The van der Waals surface area contributed by atoms with Crippen molar-refractivity contribution in [2.75, 3.05) is 37.8 Å². The molecule has 2 N–H and O–H groups in total. The summed E-state index contributed by atoms with van der Waals surface area (Å²) in [7, 11) is 4.16. The summed E-state index contributed by atoms with van der Waals surface area (Å²) < 4.78 is 0. The van der Waals surface area contributed by atoms with Crippen molar-refractivity contribution in [2.24, 2.45) is 5.92 Å². The normalized spacial score (nSPS) is 23.1. The first kappa shape index (κ1) is 13.6. The Labute approximate surface area is 112 Å². The molecular weight excluding hydrogens is 244 g/mol. The van der Waals surface area contributed by atoms with Crippen molar-refractivity contribution < 1.29 is 4.92 Å². The van der Waals surface area contributed by atoms with Gasteiger partial charge in [0.1, 0.15) is 5.69 Å². The van der Waals surface area contributed by atoms with Crippen LogP contribution in [0.25, 0.3) is 0 Å². The predicted octanol–water partition coefficient (Wildman–Crippen LogP) is 1.56. The fourth-order valence-electron chi connectivity index (χ4n) is 2.74. The number of anilines is 2. The molecule has 6 heteroatoms. The third-order valence-corrected chi connectivity index (χ3v) is 3.81. The van der Waals surface area contributed by atoms with Crippen molar-refractivity contribution >= 4 is 17.1 Å². The zero-order valence-electron chi connectivity index (χ0n) is 11.5. The second-order valence-corrected chi connectivity index (χ2v) is 5.41. The number of nitrogen functional groups attached to an aromatic ring is 1. The van der Waals surface area contributed by atoms with Crippen LogP contribution in [0.5, 0.6) is 0 Å². The minimum Gasteiger partial charge on any atom is -0.393 e. The van der Waals surface area contributed by atoms with E-state index in [2.05, 4.69) is 30.8 Å². The minimum atomic E-state index is -0.450. The molecule has 1 aliphatic rings. The fraction of sp³-hybridized carbons (Fsp3) is 0.538. The molecule has 1 aromatic rings. The van der Waals surface area contributed by atoms with Crippen LogP contribution in [0.4, 0.5) is 17.1 Å². The highest BCUT2D eigenvalue weighted by molar-refractivity contribution is 5.67. The highest BCUT2D eigenvalue weighted by Gasteiger charge is 2.31. The molecule has 0 amide bonds. The number of nitro benzene ring substituents is 1. The van der Waals surface area contributed by atoms with Gasteiger partial charge in [-0.1, -0.05) is 6.92 Å². The Balaban J connectivity index is 2.20. The molecule has 6 nitrogen and oxygen atoms in total. The molecule has 0 aliphatic carbocycles. The first-order chi connectivity index (χ1) is 8.90. The third-order valence-electron chi connectivity index (χ3n) is 3.81. The number of benzene rings is 1. The standard InChI is InChI=1S/C13H20N4O2/c1-9-7-16(8-13(9)15(2)3)10-4-5-12(17(18)19)11(14)6-10/h4-6,9,13H,7-8,14H2,1-3H3. The largest absolute Gasteiger partial charge is 0.393 e. The average molecular weight is 264 g/mol. The Morgan fingerprint density at radius 2 is 2.11 bits per heavy atom. The lowest BCUT2D eigenvalue weighted by atomic mass is 10.1. The van der Waals surface area contributed by atoms with Gasteiger partial charge in [-0.05, 0) is 32.1 Å². The molecule has 104 valence electrons. The summed E-state index contributed by atoms with van der Waals surface area (Å²) in [5.74, 6) is 0.561. The van der Waals surface area contributed by atoms with Gasteiger partial charge < -0.3 is 15.5 Å². The van der Waals surface area contributed by atoms with Gasteiger partial charge in [0.15, 0.2) is 0 Å². The number of rotatable bonds is 3. The maximum Gasteiger partial charge on any atom is 0.292 e. The molecule has 0 spiro atoms. The minimum absolute atomic E-state index is 0.0276. The summed E-state index contributed by atoms with van der Waals surface area (Å²) in [6, 6.07) is 5.46.